The van der Waals surface area contributed by atoms with Crippen LogP contribution >= 0.6 is 31.9 Å². The quantitative estimate of drug-likeness (QED) is 0.695. The maximum absolute atomic E-state index is 8.52. The Balaban J connectivity index is 2.11. The number of rotatable bonds is 8. The van der Waals surface area contributed by atoms with Crippen molar-refractivity contribution in [2.24, 2.45) is 0 Å². The van der Waals surface area contributed by atoms with E-state index in [2.05, 4.69) is 49.3 Å². The summed E-state index contributed by atoms with van der Waals surface area (Å²) in [5.74, 6) is 0. The maximum Gasteiger partial charge on any atom is 0.0697 e. The summed E-state index contributed by atoms with van der Waals surface area (Å²) < 4.78 is 7.31. The van der Waals surface area contributed by atoms with E-state index in [0.717, 1.165) is 28.5 Å². The molecule has 17 heavy (non-hydrogen) atoms. The molecular formula is C12H17Br2NO2. The van der Waals surface area contributed by atoms with Gasteiger partial charge in [-0.05, 0) is 62.5 Å². The highest BCUT2D eigenvalue weighted by Crippen LogP contribution is 2.23. The van der Waals surface area contributed by atoms with Gasteiger partial charge in [0.25, 0.3) is 0 Å². The zero-order valence-corrected chi connectivity index (χ0v) is 12.8. The molecule has 0 unspecified atom stereocenters. The van der Waals surface area contributed by atoms with Crippen molar-refractivity contribution in [2.45, 2.75) is 13.0 Å². The Morgan fingerprint density at radius 1 is 1.18 bits per heavy atom. The van der Waals surface area contributed by atoms with Gasteiger partial charge in [0, 0.05) is 22.1 Å². The monoisotopic (exact) mass is 365 g/mol. The number of hydrogen-bond acceptors (Lipinski definition) is 3. The highest BCUT2D eigenvalue weighted by Gasteiger charge is 1.98. The topological polar surface area (TPSA) is 41.5 Å². The molecule has 0 bridgehead atoms. The standard InChI is InChI=1S/C12H17Br2NO2/c13-11-3-2-10(8-12(11)14)9-15-4-1-6-17-7-5-16/h2-3,8,15-16H,1,4-7,9H2. The minimum Gasteiger partial charge on any atom is -0.394 e. The molecule has 0 aliphatic carbocycles. The van der Waals surface area contributed by atoms with Crippen LogP contribution in [0.5, 0.6) is 0 Å². The minimum atomic E-state index is 0.0976. The van der Waals surface area contributed by atoms with Crippen LogP contribution in [0.25, 0.3) is 0 Å². The van der Waals surface area contributed by atoms with Gasteiger partial charge in [-0.3, -0.25) is 0 Å². The SMILES string of the molecule is OCCOCCCNCc1ccc(Br)c(Br)c1. The summed E-state index contributed by atoms with van der Waals surface area (Å²) in [5.41, 5.74) is 1.25. The molecule has 3 nitrogen and oxygen atoms in total. The second-order valence-electron chi connectivity index (χ2n) is 3.61. The molecule has 0 heterocycles. The molecule has 0 saturated carbocycles. The Morgan fingerprint density at radius 2 is 2.00 bits per heavy atom. The number of hydrogen-bond donors (Lipinski definition) is 2. The van der Waals surface area contributed by atoms with Crippen LogP contribution in [0.2, 0.25) is 0 Å². The fourth-order valence-corrected chi connectivity index (χ4v) is 2.02. The molecule has 5 heteroatoms. The molecule has 2 N–H and O–H groups in total. The number of nitrogens with one attached hydrogen (secondary N) is 1. The van der Waals surface area contributed by atoms with Crippen molar-refractivity contribution >= 4 is 31.9 Å². The van der Waals surface area contributed by atoms with Gasteiger partial charge in [-0.1, -0.05) is 6.07 Å². The van der Waals surface area contributed by atoms with E-state index in [9.17, 15) is 0 Å². The highest BCUT2D eigenvalue weighted by molar-refractivity contribution is 9.13. The van der Waals surface area contributed by atoms with Gasteiger partial charge < -0.3 is 15.2 Å². The summed E-state index contributed by atoms with van der Waals surface area (Å²) >= 11 is 6.92. The summed E-state index contributed by atoms with van der Waals surface area (Å²) in [6, 6.07) is 6.22. The van der Waals surface area contributed by atoms with Crippen molar-refractivity contribution in [3.8, 4) is 0 Å². The van der Waals surface area contributed by atoms with E-state index in [1.807, 2.05) is 6.07 Å². The minimum absolute atomic E-state index is 0.0976. The second-order valence-corrected chi connectivity index (χ2v) is 5.32. The Hall–Kier alpha value is 0.0600. The van der Waals surface area contributed by atoms with Crippen molar-refractivity contribution in [1.29, 1.82) is 0 Å². The van der Waals surface area contributed by atoms with Gasteiger partial charge in [0.1, 0.15) is 0 Å². The molecule has 0 saturated heterocycles. The van der Waals surface area contributed by atoms with Crippen LogP contribution in [0.4, 0.5) is 0 Å². The molecule has 0 atom stereocenters. The lowest BCUT2D eigenvalue weighted by molar-refractivity contribution is 0.0907. The van der Waals surface area contributed by atoms with E-state index < -0.39 is 0 Å². The van der Waals surface area contributed by atoms with Crippen LogP contribution in [0, 0.1) is 0 Å². The summed E-state index contributed by atoms with van der Waals surface area (Å²) in [6.07, 6.45) is 0.956. The molecule has 0 aliphatic rings. The molecule has 0 radical (unpaired) electrons. The molecular weight excluding hydrogens is 350 g/mol. The summed E-state index contributed by atoms with van der Waals surface area (Å²) in [4.78, 5) is 0. The van der Waals surface area contributed by atoms with E-state index in [1.54, 1.807) is 0 Å². The smallest absolute Gasteiger partial charge is 0.0697 e. The normalized spacial score (nSPS) is 10.8. The van der Waals surface area contributed by atoms with Crippen LogP contribution in [-0.4, -0.2) is 31.5 Å². The first-order valence-corrected chi connectivity index (χ1v) is 7.16. The van der Waals surface area contributed by atoms with Gasteiger partial charge >= 0.3 is 0 Å². The fraction of sp³-hybridized carbons (Fsp3) is 0.500. The average molecular weight is 367 g/mol. The molecule has 96 valence electrons. The Bertz CT molecular complexity index is 334. The van der Waals surface area contributed by atoms with Crippen molar-refractivity contribution < 1.29 is 9.84 Å². The van der Waals surface area contributed by atoms with Gasteiger partial charge in [0.15, 0.2) is 0 Å². The van der Waals surface area contributed by atoms with E-state index in [4.69, 9.17) is 9.84 Å². The predicted molar refractivity (Wildman–Crippen MR) is 76.1 cm³/mol. The van der Waals surface area contributed by atoms with Crippen LogP contribution in [0.15, 0.2) is 27.1 Å². The number of ether oxygens (including phenoxy) is 1. The van der Waals surface area contributed by atoms with E-state index >= 15 is 0 Å². The first-order valence-electron chi connectivity index (χ1n) is 5.57. The third-order valence-electron chi connectivity index (χ3n) is 2.19. The maximum atomic E-state index is 8.52. The number of halogens is 2. The first-order chi connectivity index (χ1) is 8.24. The number of benzene rings is 1. The van der Waals surface area contributed by atoms with Crippen LogP contribution < -0.4 is 5.32 Å². The van der Waals surface area contributed by atoms with E-state index in [-0.39, 0.29) is 6.61 Å². The third-order valence-corrected chi connectivity index (χ3v) is 4.07. The lowest BCUT2D eigenvalue weighted by Crippen LogP contribution is -2.16. The molecule has 1 rings (SSSR count). The second kappa shape index (κ2) is 9.05. The average Bonchev–Trinajstić information content (AvgIpc) is 2.32. The highest BCUT2D eigenvalue weighted by atomic mass is 79.9. The van der Waals surface area contributed by atoms with Crippen molar-refractivity contribution in [1.82, 2.24) is 5.32 Å². The van der Waals surface area contributed by atoms with Gasteiger partial charge in [-0.2, -0.15) is 0 Å². The Labute approximate surface area is 119 Å². The zero-order valence-electron chi connectivity index (χ0n) is 9.59. The summed E-state index contributed by atoms with van der Waals surface area (Å²) in [5, 5.41) is 11.9. The van der Waals surface area contributed by atoms with E-state index in [1.165, 1.54) is 5.56 Å². The molecule has 0 aliphatic heterocycles. The summed E-state index contributed by atoms with van der Waals surface area (Å²) in [7, 11) is 0. The summed E-state index contributed by atoms with van der Waals surface area (Å²) in [6.45, 7) is 2.99. The lowest BCUT2D eigenvalue weighted by Gasteiger charge is -2.06. The van der Waals surface area contributed by atoms with E-state index in [0.29, 0.717) is 13.2 Å². The van der Waals surface area contributed by atoms with Crippen molar-refractivity contribution in [3.05, 3.63) is 32.7 Å². The predicted octanol–water partition coefficient (Wildman–Crippen LogP) is 2.70. The van der Waals surface area contributed by atoms with Crippen LogP contribution in [0.3, 0.4) is 0 Å². The Kier molecular flexibility index (Phi) is 8.05. The Morgan fingerprint density at radius 3 is 2.71 bits per heavy atom. The van der Waals surface area contributed by atoms with Crippen LogP contribution in [-0.2, 0) is 11.3 Å². The molecule has 0 amide bonds. The van der Waals surface area contributed by atoms with Crippen LogP contribution in [0.1, 0.15) is 12.0 Å². The third kappa shape index (κ3) is 6.52. The lowest BCUT2D eigenvalue weighted by atomic mass is 10.2. The van der Waals surface area contributed by atoms with Gasteiger partial charge in [-0.15, -0.1) is 0 Å². The molecule has 1 aromatic carbocycles. The van der Waals surface area contributed by atoms with Gasteiger partial charge in [-0.25, -0.2) is 0 Å². The molecule has 0 aromatic heterocycles. The molecule has 0 fully saturated rings. The number of aliphatic hydroxyl groups excluding tert-OH is 1. The zero-order chi connectivity index (χ0) is 12.5. The fourth-order valence-electron chi connectivity index (χ4n) is 1.35. The van der Waals surface area contributed by atoms with Gasteiger partial charge in [0.2, 0.25) is 0 Å². The first kappa shape index (κ1) is 15.1. The molecule has 0 spiro atoms. The number of aliphatic hydroxyl groups is 1. The largest absolute Gasteiger partial charge is 0.394 e. The molecule has 1 aromatic rings. The van der Waals surface area contributed by atoms with Crippen molar-refractivity contribution in [3.63, 3.8) is 0 Å². The van der Waals surface area contributed by atoms with Gasteiger partial charge in [0.05, 0.1) is 13.2 Å². The van der Waals surface area contributed by atoms with Crippen molar-refractivity contribution in [2.75, 3.05) is 26.4 Å².